The average molecular weight is 245 g/mol. The monoisotopic (exact) mass is 245 g/mol. The summed E-state index contributed by atoms with van der Waals surface area (Å²) in [5, 5.41) is 3.65. The highest BCUT2D eigenvalue weighted by Crippen LogP contribution is 2.25. The number of hydrogen-bond acceptors (Lipinski definition) is 1. The van der Waals surface area contributed by atoms with E-state index in [2.05, 4.69) is 51.2 Å². The molecule has 0 spiro atoms. The molecule has 18 heavy (non-hydrogen) atoms. The molecule has 1 aliphatic rings. The van der Waals surface area contributed by atoms with E-state index in [0.717, 1.165) is 6.54 Å². The summed E-state index contributed by atoms with van der Waals surface area (Å²) >= 11 is 0. The van der Waals surface area contributed by atoms with E-state index in [1.165, 1.54) is 31.2 Å². The Morgan fingerprint density at radius 3 is 2.44 bits per heavy atom. The van der Waals surface area contributed by atoms with Crippen molar-refractivity contribution in [3.8, 4) is 0 Å². The molecular formula is C17H27N. The molecule has 0 heterocycles. The molecule has 1 nitrogen and oxygen atoms in total. The zero-order valence-corrected chi connectivity index (χ0v) is 12.3. The van der Waals surface area contributed by atoms with Gasteiger partial charge in [-0.25, -0.2) is 0 Å². The molecule has 1 atom stereocenters. The molecule has 1 unspecified atom stereocenters. The molecule has 0 fully saturated rings. The van der Waals surface area contributed by atoms with Gasteiger partial charge in [0.15, 0.2) is 0 Å². The van der Waals surface area contributed by atoms with Crippen LogP contribution in [0.2, 0.25) is 0 Å². The predicted octanol–water partition coefficient (Wildman–Crippen LogP) is 4.26. The Kier molecular flexibility index (Phi) is 4.11. The Labute approximate surface area is 112 Å². The molecule has 0 saturated heterocycles. The van der Waals surface area contributed by atoms with Gasteiger partial charge in [0.25, 0.3) is 0 Å². The van der Waals surface area contributed by atoms with Crippen molar-refractivity contribution in [1.82, 2.24) is 5.32 Å². The van der Waals surface area contributed by atoms with Gasteiger partial charge >= 0.3 is 0 Å². The summed E-state index contributed by atoms with van der Waals surface area (Å²) in [6.07, 6.45) is 5.28. The fourth-order valence-corrected chi connectivity index (χ4v) is 2.60. The second-order valence-corrected chi connectivity index (χ2v) is 6.90. The van der Waals surface area contributed by atoms with Gasteiger partial charge in [0.05, 0.1) is 0 Å². The first-order chi connectivity index (χ1) is 8.46. The van der Waals surface area contributed by atoms with Crippen LogP contribution in [0, 0.1) is 5.41 Å². The largest absolute Gasteiger partial charge is 0.310 e. The van der Waals surface area contributed by atoms with Crippen molar-refractivity contribution in [2.75, 3.05) is 6.54 Å². The van der Waals surface area contributed by atoms with Gasteiger partial charge in [0.2, 0.25) is 0 Å². The molecular weight excluding hydrogens is 218 g/mol. The van der Waals surface area contributed by atoms with Crippen LogP contribution in [0.15, 0.2) is 18.2 Å². The van der Waals surface area contributed by atoms with Crippen LogP contribution in [-0.2, 0) is 12.8 Å². The molecule has 0 radical (unpaired) electrons. The molecule has 0 bridgehead atoms. The fourth-order valence-electron chi connectivity index (χ4n) is 2.60. The molecule has 2 rings (SSSR count). The van der Waals surface area contributed by atoms with Crippen LogP contribution in [-0.4, -0.2) is 6.54 Å². The van der Waals surface area contributed by atoms with E-state index in [1.54, 1.807) is 11.1 Å². The third-order valence-electron chi connectivity index (χ3n) is 3.81. The van der Waals surface area contributed by atoms with E-state index in [-0.39, 0.29) is 0 Å². The summed E-state index contributed by atoms with van der Waals surface area (Å²) in [4.78, 5) is 0. The van der Waals surface area contributed by atoms with Gasteiger partial charge < -0.3 is 5.32 Å². The lowest BCUT2D eigenvalue weighted by Gasteiger charge is -2.24. The summed E-state index contributed by atoms with van der Waals surface area (Å²) in [7, 11) is 0. The smallest absolute Gasteiger partial charge is 0.0292 e. The van der Waals surface area contributed by atoms with E-state index in [4.69, 9.17) is 0 Å². The fraction of sp³-hybridized carbons (Fsp3) is 0.647. The van der Waals surface area contributed by atoms with Crippen LogP contribution < -0.4 is 5.32 Å². The van der Waals surface area contributed by atoms with Crippen LogP contribution in [0.25, 0.3) is 0 Å². The van der Waals surface area contributed by atoms with Gasteiger partial charge in [0, 0.05) is 12.6 Å². The maximum atomic E-state index is 3.65. The Balaban J connectivity index is 2.04. The van der Waals surface area contributed by atoms with E-state index >= 15 is 0 Å². The minimum absolute atomic E-state index is 0.350. The first-order valence-electron chi connectivity index (χ1n) is 7.31. The second-order valence-electron chi connectivity index (χ2n) is 6.90. The lowest BCUT2D eigenvalue weighted by atomic mass is 9.89. The average Bonchev–Trinajstić information content (AvgIpc) is 2.34. The minimum Gasteiger partial charge on any atom is -0.310 e. The molecule has 1 N–H and O–H groups in total. The van der Waals surface area contributed by atoms with E-state index in [1.807, 2.05) is 0 Å². The Morgan fingerprint density at radius 2 is 1.78 bits per heavy atom. The molecule has 0 aliphatic heterocycles. The maximum Gasteiger partial charge on any atom is 0.0292 e. The van der Waals surface area contributed by atoms with Crippen molar-refractivity contribution in [2.45, 2.75) is 59.4 Å². The van der Waals surface area contributed by atoms with Crippen molar-refractivity contribution in [2.24, 2.45) is 5.41 Å². The normalized spacial score (nSPS) is 17.3. The van der Waals surface area contributed by atoms with Crippen molar-refractivity contribution in [3.05, 3.63) is 34.9 Å². The SMILES string of the molecule is CC(NCC(C)(C)C)c1ccc2c(c1)CCCC2. The Morgan fingerprint density at radius 1 is 1.11 bits per heavy atom. The molecule has 0 aromatic heterocycles. The van der Waals surface area contributed by atoms with E-state index < -0.39 is 0 Å². The summed E-state index contributed by atoms with van der Waals surface area (Å²) in [5.74, 6) is 0. The number of rotatable bonds is 3. The minimum atomic E-state index is 0.350. The zero-order valence-electron chi connectivity index (χ0n) is 12.3. The van der Waals surface area contributed by atoms with Gasteiger partial charge in [0.1, 0.15) is 0 Å². The number of nitrogens with one attached hydrogen (secondary N) is 1. The van der Waals surface area contributed by atoms with Crippen molar-refractivity contribution >= 4 is 0 Å². The van der Waals surface area contributed by atoms with Crippen molar-refractivity contribution < 1.29 is 0 Å². The third kappa shape index (κ3) is 3.58. The van der Waals surface area contributed by atoms with Crippen LogP contribution in [0.1, 0.15) is 63.3 Å². The molecule has 1 aromatic rings. The highest BCUT2D eigenvalue weighted by molar-refractivity contribution is 5.35. The number of benzene rings is 1. The quantitative estimate of drug-likeness (QED) is 0.839. The van der Waals surface area contributed by atoms with E-state index in [0.29, 0.717) is 11.5 Å². The standard InChI is InChI=1S/C17H27N/c1-13(18-12-17(2,3)4)15-10-9-14-7-5-6-8-16(14)11-15/h9-11,13,18H,5-8,12H2,1-4H3. The summed E-state index contributed by atoms with van der Waals surface area (Å²) < 4.78 is 0. The van der Waals surface area contributed by atoms with E-state index in [9.17, 15) is 0 Å². The molecule has 1 heteroatoms. The first-order valence-corrected chi connectivity index (χ1v) is 7.31. The van der Waals surface area contributed by atoms with Crippen LogP contribution in [0.3, 0.4) is 0 Å². The molecule has 1 aliphatic carbocycles. The first kappa shape index (κ1) is 13.6. The third-order valence-corrected chi connectivity index (χ3v) is 3.81. The van der Waals surface area contributed by atoms with Crippen LogP contribution in [0.4, 0.5) is 0 Å². The van der Waals surface area contributed by atoms with Gasteiger partial charge in [-0.15, -0.1) is 0 Å². The second kappa shape index (κ2) is 5.44. The topological polar surface area (TPSA) is 12.0 Å². The Hall–Kier alpha value is -0.820. The van der Waals surface area contributed by atoms with Crippen LogP contribution >= 0.6 is 0 Å². The van der Waals surface area contributed by atoms with Crippen molar-refractivity contribution in [3.63, 3.8) is 0 Å². The number of hydrogen-bond donors (Lipinski definition) is 1. The molecule has 100 valence electrons. The maximum absolute atomic E-state index is 3.65. The van der Waals surface area contributed by atoms with Gasteiger partial charge in [-0.3, -0.25) is 0 Å². The predicted molar refractivity (Wildman–Crippen MR) is 79.0 cm³/mol. The summed E-state index contributed by atoms with van der Waals surface area (Å²) in [5.41, 5.74) is 4.96. The van der Waals surface area contributed by atoms with Crippen molar-refractivity contribution in [1.29, 1.82) is 0 Å². The van der Waals surface area contributed by atoms with Crippen LogP contribution in [0.5, 0.6) is 0 Å². The molecule has 0 saturated carbocycles. The Bertz CT molecular complexity index is 401. The highest BCUT2D eigenvalue weighted by Gasteiger charge is 2.15. The molecule has 0 amide bonds. The zero-order chi connectivity index (χ0) is 13.2. The molecule has 1 aromatic carbocycles. The summed E-state index contributed by atoms with van der Waals surface area (Å²) in [6, 6.07) is 7.54. The van der Waals surface area contributed by atoms with Gasteiger partial charge in [-0.05, 0) is 54.7 Å². The summed E-state index contributed by atoms with van der Waals surface area (Å²) in [6.45, 7) is 10.2. The van der Waals surface area contributed by atoms with Gasteiger partial charge in [-0.1, -0.05) is 39.0 Å². The highest BCUT2D eigenvalue weighted by atomic mass is 14.9. The number of fused-ring (bicyclic) bond motifs is 1. The number of aryl methyl sites for hydroxylation is 2. The lowest BCUT2D eigenvalue weighted by Crippen LogP contribution is -2.29. The lowest BCUT2D eigenvalue weighted by molar-refractivity contribution is 0.359. The van der Waals surface area contributed by atoms with Gasteiger partial charge in [-0.2, -0.15) is 0 Å².